The van der Waals surface area contributed by atoms with E-state index in [1.165, 1.54) is 6.08 Å². The van der Waals surface area contributed by atoms with Gasteiger partial charge in [-0.15, -0.1) is 0 Å². The number of phenolic OH excluding ortho intramolecular Hbond substituents is 1. The molecule has 0 fully saturated rings. The van der Waals surface area contributed by atoms with Crippen molar-refractivity contribution in [3.8, 4) is 11.5 Å². The first kappa shape index (κ1) is 19.2. The molecule has 0 bridgehead atoms. The predicted octanol–water partition coefficient (Wildman–Crippen LogP) is 2.95. The summed E-state index contributed by atoms with van der Waals surface area (Å²) in [5.41, 5.74) is 2.57. The van der Waals surface area contributed by atoms with Crippen molar-refractivity contribution in [2.45, 2.75) is 33.8 Å². The lowest BCUT2D eigenvalue weighted by Crippen LogP contribution is -2.05. The molecule has 0 amide bonds. The lowest BCUT2D eigenvalue weighted by atomic mass is 9.95. The van der Waals surface area contributed by atoms with Gasteiger partial charge in [-0.05, 0) is 32.8 Å². The van der Waals surface area contributed by atoms with Gasteiger partial charge >= 0.3 is 13.6 Å². The van der Waals surface area contributed by atoms with Crippen LogP contribution in [0.25, 0.3) is 0 Å². The average molecular weight is 368 g/mol. The molecular weight excluding hydrogens is 347 g/mol. The number of carbonyl (C=O) groups is 1. The molecule has 0 saturated heterocycles. The number of benzene rings is 1. The molecule has 0 saturated carbocycles. The van der Waals surface area contributed by atoms with E-state index in [1.807, 2.05) is 6.92 Å². The third-order valence-corrected chi connectivity index (χ3v) is 4.43. The molecule has 8 heteroatoms. The van der Waals surface area contributed by atoms with Crippen molar-refractivity contribution in [1.82, 2.24) is 0 Å². The van der Waals surface area contributed by atoms with E-state index in [2.05, 4.69) is 0 Å². The summed E-state index contributed by atoms with van der Waals surface area (Å²) in [7, 11) is -4.23. The van der Waals surface area contributed by atoms with Crippen LogP contribution in [0.15, 0.2) is 23.5 Å². The van der Waals surface area contributed by atoms with E-state index in [0.717, 1.165) is 11.4 Å². The first-order chi connectivity index (χ1) is 11.7. The van der Waals surface area contributed by atoms with Gasteiger partial charge in [-0.3, -0.25) is 4.57 Å². The number of rotatable bonds is 6. The number of hydrogen-bond donors (Lipinski definition) is 3. The quantitative estimate of drug-likeness (QED) is 0.402. The normalized spacial score (nSPS) is 14.8. The fraction of sp³-hybridized carbons (Fsp3) is 0.353. The van der Waals surface area contributed by atoms with Gasteiger partial charge in [0.25, 0.3) is 0 Å². The standard InChI is InChI=1S/C17H21O7P/c1-4-23-16-11(3)13-9-24-17(19)14(13)15(18)12(16)6-5-10(2)7-8-25(20,21)22/h5,7-8,18H,4,6,9H2,1-3H3,(H2,20,21,22). The van der Waals surface area contributed by atoms with Crippen LogP contribution in [0.5, 0.6) is 11.5 Å². The summed E-state index contributed by atoms with van der Waals surface area (Å²) >= 11 is 0. The van der Waals surface area contributed by atoms with Gasteiger partial charge in [0, 0.05) is 16.9 Å². The van der Waals surface area contributed by atoms with Crippen molar-refractivity contribution in [2.24, 2.45) is 0 Å². The van der Waals surface area contributed by atoms with E-state index in [0.29, 0.717) is 29.1 Å². The minimum Gasteiger partial charge on any atom is -0.507 e. The van der Waals surface area contributed by atoms with Gasteiger partial charge < -0.3 is 24.4 Å². The van der Waals surface area contributed by atoms with E-state index in [4.69, 9.17) is 19.3 Å². The van der Waals surface area contributed by atoms with Gasteiger partial charge in [0.2, 0.25) is 0 Å². The number of carbonyl (C=O) groups excluding carboxylic acids is 1. The molecule has 1 aromatic carbocycles. The zero-order valence-corrected chi connectivity index (χ0v) is 15.2. The largest absolute Gasteiger partial charge is 0.507 e. The van der Waals surface area contributed by atoms with Crippen molar-refractivity contribution in [1.29, 1.82) is 0 Å². The summed E-state index contributed by atoms with van der Waals surface area (Å²) in [5, 5.41) is 10.5. The maximum atomic E-state index is 11.9. The molecule has 7 nitrogen and oxygen atoms in total. The van der Waals surface area contributed by atoms with Gasteiger partial charge in [-0.2, -0.15) is 0 Å². The molecular formula is C17H21O7P. The van der Waals surface area contributed by atoms with Crippen LogP contribution in [0.3, 0.4) is 0 Å². The predicted molar refractivity (Wildman–Crippen MR) is 91.8 cm³/mol. The fourth-order valence-corrected chi connectivity index (χ4v) is 3.07. The van der Waals surface area contributed by atoms with Gasteiger partial charge in [-0.1, -0.05) is 17.7 Å². The average Bonchev–Trinajstić information content (AvgIpc) is 2.91. The summed E-state index contributed by atoms with van der Waals surface area (Å²) in [6.07, 6.45) is 3.24. The first-order valence-electron chi connectivity index (χ1n) is 7.74. The molecule has 25 heavy (non-hydrogen) atoms. The zero-order valence-electron chi connectivity index (χ0n) is 14.3. The maximum Gasteiger partial charge on any atom is 0.349 e. The van der Waals surface area contributed by atoms with Crippen molar-refractivity contribution < 1.29 is 33.7 Å². The number of cyclic esters (lactones) is 1. The number of fused-ring (bicyclic) bond motifs is 1. The molecule has 0 atom stereocenters. The van der Waals surface area contributed by atoms with Crippen LogP contribution in [-0.2, 0) is 22.3 Å². The van der Waals surface area contributed by atoms with E-state index < -0.39 is 13.6 Å². The Kier molecular flexibility index (Phi) is 5.72. The number of allylic oxidation sites excluding steroid dienone is 3. The Morgan fingerprint density at radius 2 is 2.08 bits per heavy atom. The summed E-state index contributed by atoms with van der Waals surface area (Å²) in [6.45, 7) is 5.80. The topological polar surface area (TPSA) is 113 Å². The molecule has 0 unspecified atom stereocenters. The number of esters is 1. The molecule has 0 aliphatic carbocycles. The molecule has 3 N–H and O–H groups in total. The highest BCUT2D eigenvalue weighted by Gasteiger charge is 2.31. The van der Waals surface area contributed by atoms with Crippen molar-refractivity contribution >= 4 is 13.6 Å². The van der Waals surface area contributed by atoms with Crippen LogP contribution < -0.4 is 4.74 Å². The van der Waals surface area contributed by atoms with E-state index in [-0.39, 0.29) is 24.3 Å². The molecule has 2 rings (SSSR count). The highest BCUT2D eigenvalue weighted by atomic mass is 31.2. The Morgan fingerprint density at radius 3 is 2.68 bits per heavy atom. The minimum atomic E-state index is -4.23. The lowest BCUT2D eigenvalue weighted by Gasteiger charge is -2.17. The third-order valence-electron chi connectivity index (χ3n) is 3.89. The smallest absolute Gasteiger partial charge is 0.349 e. The monoisotopic (exact) mass is 368 g/mol. The summed E-state index contributed by atoms with van der Waals surface area (Å²) < 4.78 is 21.5. The highest BCUT2D eigenvalue weighted by Crippen LogP contribution is 2.42. The fourth-order valence-electron chi connectivity index (χ4n) is 2.64. The number of aromatic hydroxyl groups is 1. The van der Waals surface area contributed by atoms with Gasteiger partial charge in [-0.25, -0.2) is 4.79 Å². The summed E-state index contributed by atoms with van der Waals surface area (Å²) in [4.78, 5) is 29.6. The zero-order chi connectivity index (χ0) is 18.8. The van der Waals surface area contributed by atoms with Gasteiger partial charge in [0.1, 0.15) is 23.7 Å². The van der Waals surface area contributed by atoms with Crippen molar-refractivity contribution in [3.63, 3.8) is 0 Å². The minimum absolute atomic E-state index is 0.105. The summed E-state index contributed by atoms with van der Waals surface area (Å²) in [6, 6.07) is 0. The molecule has 136 valence electrons. The van der Waals surface area contributed by atoms with Crippen LogP contribution in [0.4, 0.5) is 0 Å². The van der Waals surface area contributed by atoms with E-state index in [9.17, 15) is 14.5 Å². The van der Waals surface area contributed by atoms with Crippen LogP contribution in [0, 0.1) is 6.92 Å². The molecule has 0 radical (unpaired) electrons. The van der Waals surface area contributed by atoms with Crippen LogP contribution >= 0.6 is 7.60 Å². The first-order valence-corrected chi connectivity index (χ1v) is 9.42. The number of phenols is 1. The number of ether oxygens (including phenoxy) is 2. The molecule has 1 heterocycles. The van der Waals surface area contributed by atoms with Crippen LogP contribution in [0.2, 0.25) is 0 Å². The van der Waals surface area contributed by atoms with Gasteiger partial charge in [0.05, 0.1) is 6.61 Å². The Hall–Kier alpha value is -2.08. The second kappa shape index (κ2) is 7.44. The van der Waals surface area contributed by atoms with E-state index in [1.54, 1.807) is 19.9 Å². The second-order valence-corrected chi connectivity index (χ2v) is 7.18. The van der Waals surface area contributed by atoms with Gasteiger partial charge in [0.15, 0.2) is 0 Å². The maximum absolute atomic E-state index is 11.9. The van der Waals surface area contributed by atoms with E-state index >= 15 is 0 Å². The molecule has 0 spiro atoms. The second-order valence-electron chi connectivity index (χ2n) is 5.70. The molecule has 1 aromatic rings. The number of hydrogen-bond acceptors (Lipinski definition) is 5. The van der Waals surface area contributed by atoms with Crippen LogP contribution in [-0.4, -0.2) is 27.5 Å². The lowest BCUT2D eigenvalue weighted by molar-refractivity contribution is 0.0533. The molecule has 1 aliphatic rings. The Morgan fingerprint density at radius 1 is 1.40 bits per heavy atom. The Bertz CT molecular complexity index is 802. The van der Waals surface area contributed by atoms with Crippen LogP contribution in [0.1, 0.15) is 40.9 Å². The van der Waals surface area contributed by atoms with Crippen molar-refractivity contribution in [2.75, 3.05) is 6.61 Å². The van der Waals surface area contributed by atoms with Crippen molar-refractivity contribution in [3.05, 3.63) is 45.8 Å². The molecule has 0 aromatic heterocycles. The Balaban J connectivity index is 2.45. The third kappa shape index (κ3) is 4.31. The molecule has 1 aliphatic heterocycles. The summed E-state index contributed by atoms with van der Waals surface area (Å²) in [5.74, 6) is 0.574. The SMILES string of the molecule is CCOc1c(C)c2c(c(O)c1CC=C(C)C=CP(=O)(O)O)C(=O)OC2. The Labute approximate surface area is 145 Å². The highest BCUT2D eigenvalue weighted by molar-refractivity contribution is 7.55.